The van der Waals surface area contributed by atoms with Gasteiger partial charge in [-0.15, -0.1) is 0 Å². The van der Waals surface area contributed by atoms with Crippen LogP contribution in [0.25, 0.3) is 0 Å². The summed E-state index contributed by atoms with van der Waals surface area (Å²) in [4.78, 5) is 11.0. The number of carbonyl (C=O) groups is 1. The molecule has 1 aliphatic rings. The van der Waals surface area contributed by atoms with Crippen molar-refractivity contribution in [1.29, 1.82) is 0 Å². The molecule has 0 saturated heterocycles. The molecule has 1 rings (SSSR count). The fourth-order valence-corrected chi connectivity index (χ4v) is 1.91. The first kappa shape index (κ1) is 11.3. The summed E-state index contributed by atoms with van der Waals surface area (Å²) < 4.78 is 9.75. The average Bonchev–Trinajstić information content (AvgIpc) is 2.19. The van der Waals surface area contributed by atoms with Crippen molar-refractivity contribution in [2.45, 2.75) is 45.1 Å². The lowest BCUT2D eigenvalue weighted by Crippen LogP contribution is -2.24. The molecular weight excluding hydrogens is 180 g/mol. The molecule has 0 unspecified atom stereocenters. The van der Waals surface area contributed by atoms with Crippen LogP contribution in [0.15, 0.2) is 0 Å². The summed E-state index contributed by atoms with van der Waals surface area (Å²) in [6.45, 7) is 5.77. The summed E-state index contributed by atoms with van der Waals surface area (Å²) >= 11 is 0. The monoisotopic (exact) mass is 199 g/mol. The molecule has 0 bridgehead atoms. The second-order valence-electron chi connectivity index (χ2n) is 3.77. The molecule has 14 heavy (non-hydrogen) atoms. The lowest BCUT2D eigenvalue weighted by molar-refractivity contribution is 0.0102. The van der Waals surface area contributed by atoms with E-state index in [-0.39, 0.29) is 12.7 Å². The normalized spacial score (nSPS) is 27.0. The van der Waals surface area contributed by atoms with Crippen LogP contribution in [0, 0.1) is 12.8 Å². The Kier molecular flexibility index (Phi) is 4.77. The van der Waals surface area contributed by atoms with E-state index in [1.165, 1.54) is 19.3 Å². The molecule has 3 nitrogen and oxygen atoms in total. The van der Waals surface area contributed by atoms with Crippen molar-refractivity contribution in [2.75, 3.05) is 6.61 Å². The Morgan fingerprint density at radius 3 is 2.50 bits per heavy atom. The van der Waals surface area contributed by atoms with Crippen molar-refractivity contribution in [2.24, 2.45) is 5.92 Å². The van der Waals surface area contributed by atoms with Gasteiger partial charge in [0.1, 0.15) is 6.10 Å². The first-order valence-electron chi connectivity index (χ1n) is 5.39. The molecule has 1 saturated carbocycles. The zero-order valence-electron chi connectivity index (χ0n) is 8.83. The Bertz CT molecular complexity index is 171. The molecule has 0 heterocycles. The standard InChI is InChI=1S/C11H19O3/c1-3-9-5-7-10(8-6-9)14-11(12)13-4-2/h9-10H,2-8H2,1H3. The fraction of sp³-hybridized carbons (Fsp3) is 0.818. The molecule has 0 spiro atoms. The van der Waals surface area contributed by atoms with Gasteiger partial charge in [-0.05, 0) is 38.5 Å². The van der Waals surface area contributed by atoms with Crippen molar-refractivity contribution >= 4 is 6.16 Å². The highest BCUT2D eigenvalue weighted by Crippen LogP contribution is 2.28. The summed E-state index contributed by atoms with van der Waals surface area (Å²) in [5.41, 5.74) is 0. The van der Waals surface area contributed by atoms with Crippen molar-refractivity contribution < 1.29 is 14.3 Å². The molecule has 0 amide bonds. The van der Waals surface area contributed by atoms with Crippen LogP contribution >= 0.6 is 0 Å². The van der Waals surface area contributed by atoms with Crippen LogP contribution in [-0.2, 0) is 9.47 Å². The Balaban J connectivity index is 2.18. The van der Waals surface area contributed by atoms with Gasteiger partial charge in [-0.1, -0.05) is 13.3 Å². The summed E-state index contributed by atoms with van der Waals surface area (Å²) in [5.74, 6) is 0.818. The number of hydrogen-bond acceptors (Lipinski definition) is 3. The molecule has 0 aromatic rings. The topological polar surface area (TPSA) is 35.5 Å². The predicted octanol–water partition coefficient (Wildman–Crippen LogP) is 2.94. The van der Waals surface area contributed by atoms with E-state index in [0.717, 1.165) is 18.8 Å². The zero-order chi connectivity index (χ0) is 10.4. The van der Waals surface area contributed by atoms with Crippen molar-refractivity contribution in [1.82, 2.24) is 0 Å². The molecule has 1 fully saturated rings. The van der Waals surface area contributed by atoms with Crippen molar-refractivity contribution in [3.63, 3.8) is 0 Å². The smallest absolute Gasteiger partial charge is 0.434 e. The minimum absolute atomic E-state index is 0.0665. The maximum atomic E-state index is 11.0. The van der Waals surface area contributed by atoms with Crippen LogP contribution in [0.3, 0.4) is 0 Å². The second kappa shape index (κ2) is 5.89. The zero-order valence-corrected chi connectivity index (χ0v) is 8.83. The molecule has 3 heteroatoms. The summed E-state index contributed by atoms with van der Waals surface area (Å²) in [5, 5.41) is 0. The lowest BCUT2D eigenvalue weighted by atomic mass is 9.86. The number of rotatable bonds is 3. The highest BCUT2D eigenvalue weighted by molar-refractivity contribution is 5.60. The van der Waals surface area contributed by atoms with E-state index in [4.69, 9.17) is 4.74 Å². The highest BCUT2D eigenvalue weighted by atomic mass is 16.7. The van der Waals surface area contributed by atoms with E-state index in [0.29, 0.717) is 0 Å². The maximum absolute atomic E-state index is 11.0. The Labute approximate surface area is 85.8 Å². The van der Waals surface area contributed by atoms with E-state index in [2.05, 4.69) is 18.6 Å². The second-order valence-corrected chi connectivity index (χ2v) is 3.77. The summed E-state index contributed by atoms with van der Waals surface area (Å²) in [6.07, 6.45) is 5.01. The van der Waals surface area contributed by atoms with Crippen LogP contribution in [0.1, 0.15) is 39.0 Å². The molecule has 0 aliphatic heterocycles. The van der Waals surface area contributed by atoms with E-state index >= 15 is 0 Å². The minimum Gasteiger partial charge on any atom is -0.434 e. The van der Waals surface area contributed by atoms with Gasteiger partial charge in [0.25, 0.3) is 0 Å². The van der Waals surface area contributed by atoms with Gasteiger partial charge in [0.15, 0.2) is 0 Å². The highest BCUT2D eigenvalue weighted by Gasteiger charge is 2.23. The van der Waals surface area contributed by atoms with Crippen molar-refractivity contribution in [3.8, 4) is 0 Å². The van der Waals surface area contributed by atoms with Gasteiger partial charge in [0, 0.05) is 0 Å². The summed E-state index contributed by atoms with van der Waals surface area (Å²) in [7, 11) is 0. The van der Waals surface area contributed by atoms with Crippen LogP contribution in [0.2, 0.25) is 0 Å². The molecule has 0 aromatic heterocycles. The van der Waals surface area contributed by atoms with E-state index < -0.39 is 6.16 Å². The Hall–Kier alpha value is -0.730. The number of hydrogen-bond donors (Lipinski definition) is 0. The lowest BCUT2D eigenvalue weighted by Gasteiger charge is -2.26. The molecule has 0 aromatic carbocycles. The van der Waals surface area contributed by atoms with Gasteiger partial charge in [-0.25, -0.2) is 4.79 Å². The molecule has 1 aliphatic carbocycles. The van der Waals surface area contributed by atoms with Crippen molar-refractivity contribution in [3.05, 3.63) is 6.92 Å². The van der Waals surface area contributed by atoms with Gasteiger partial charge < -0.3 is 9.47 Å². The maximum Gasteiger partial charge on any atom is 0.508 e. The molecule has 0 N–H and O–H groups in total. The van der Waals surface area contributed by atoms with Gasteiger partial charge in [0.2, 0.25) is 0 Å². The average molecular weight is 199 g/mol. The fourth-order valence-electron chi connectivity index (χ4n) is 1.91. The Morgan fingerprint density at radius 2 is 2.00 bits per heavy atom. The number of carbonyl (C=O) groups excluding carboxylic acids is 1. The predicted molar refractivity (Wildman–Crippen MR) is 53.8 cm³/mol. The largest absolute Gasteiger partial charge is 0.508 e. The molecule has 0 atom stereocenters. The molecular formula is C11H19O3. The van der Waals surface area contributed by atoms with Gasteiger partial charge in [-0.3, -0.25) is 0 Å². The number of ether oxygens (including phenoxy) is 2. The first-order valence-corrected chi connectivity index (χ1v) is 5.39. The van der Waals surface area contributed by atoms with E-state index in [9.17, 15) is 4.79 Å². The Morgan fingerprint density at radius 1 is 1.36 bits per heavy atom. The third-order valence-electron chi connectivity index (χ3n) is 2.85. The molecule has 1 radical (unpaired) electrons. The van der Waals surface area contributed by atoms with Crippen LogP contribution in [-0.4, -0.2) is 18.9 Å². The SMILES string of the molecule is [CH2]COC(=O)OC1CCC(CC)CC1. The first-order chi connectivity index (χ1) is 6.76. The minimum atomic E-state index is -0.569. The molecule has 81 valence electrons. The quantitative estimate of drug-likeness (QED) is 0.655. The van der Waals surface area contributed by atoms with Gasteiger partial charge in [-0.2, -0.15) is 0 Å². The third-order valence-corrected chi connectivity index (χ3v) is 2.85. The van der Waals surface area contributed by atoms with Gasteiger partial charge in [0.05, 0.1) is 6.61 Å². The third kappa shape index (κ3) is 3.56. The van der Waals surface area contributed by atoms with Crippen LogP contribution in [0.5, 0.6) is 0 Å². The summed E-state index contributed by atoms with van der Waals surface area (Å²) in [6, 6.07) is 0. The van der Waals surface area contributed by atoms with E-state index in [1.807, 2.05) is 0 Å². The van der Waals surface area contributed by atoms with Crippen LogP contribution < -0.4 is 0 Å². The van der Waals surface area contributed by atoms with Crippen LogP contribution in [0.4, 0.5) is 4.79 Å². The van der Waals surface area contributed by atoms with E-state index in [1.54, 1.807) is 0 Å². The van der Waals surface area contributed by atoms with Gasteiger partial charge >= 0.3 is 6.16 Å².